The van der Waals surface area contributed by atoms with E-state index in [1.807, 2.05) is 38.2 Å². The van der Waals surface area contributed by atoms with Crippen LogP contribution in [0, 0.1) is 17.6 Å². The van der Waals surface area contributed by atoms with Crippen molar-refractivity contribution in [2.75, 3.05) is 0 Å². The summed E-state index contributed by atoms with van der Waals surface area (Å²) in [6, 6.07) is 15.2. The van der Waals surface area contributed by atoms with Crippen LogP contribution in [0.4, 0.5) is 8.78 Å². The maximum absolute atomic E-state index is 15.5. The highest BCUT2D eigenvalue weighted by Crippen LogP contribution is 2.31. The Labute approximate surface area is 259 Å². The number of aromatic hydroxyl groups is 1. The number of amides is 1. The van der Waals surface area contributed by atoms with Gasteiger partial charge >= 0.3 is 0 Å². The van der Waals surface area contributed by atoms with Crippen molar-refractivity contribution in [1.82, 2.24) is 19.3 Å². The van der Waals surface area contributed by atoms with Crippen molar-refractivity contribution in [2.45, 2.75) is 53.5 Å². The largest absolute Gasteiger partial charge is 0.493 e. The summed E-state index contributed by atoms with van der Waals surface area (Å²) in [6.45, 7) is 8.83. The first-order chi connectivity index (χ1) is 21.5. The van der Waals surface area contributed by atoms with E-state index >= 15 is 4.39 Å². The van der Waals surface area contributed by atoms with Crippen molar-refractivity contribution in [3.8, 4) is 34.2 Å². The number of hydrogen-bond donors (Lipinski definition) is 2. The SMILES string of the molecule is CCc1cccc(CC)c1-n1c(-c2ccn(CC(C)C)n2)nc(O)c(Cc2ccc(-c3ccc(F)cc3C(N)=O)c(F)c2)c1=O. The molecule has 0 saturated carbocycles. The molecular formula is C35H35F2N5O3. The lowest BCUT2D eigenvalue weighted by Gasteiger charge is -2.20. The molecule has 1 amide bonds. The number of rotatable bonds is 10. The van der Waals surface area contributed by atoms with Crippen molar-refractivity contribution in [3.05, 3.63) is 117 Å². The molecule has 10 heteroatoms. The smallest absolute Gasteiger partial charge is 0.265 e. The lowest BCUT2D eigenvalue weighted by Crippen LogP contribution is -2.27. The van der Waals surface area contributed by atoms with Gasteiger partial charge in [-0.1, -0.05) is 64.1 Å². The molecule has 3 N–H and O–H groups in total. The van der Waals surface area contributed by atoms with Gasteiger partial charge in [0.25, 0.3) is 5.56 Å². The highest BCUT2D eigenvalue weighted by molar-refractivity contribution is 5.99. The second-order valence-electron chi connectivity index (χ2n) is 11.4. The van der Waals surface area contributed by atoms with Gasteiger partial charge in [0, 0.05) is 30.3 Å². The van der Waals surface area contributed by atoms with Gasteiger partial charge in [-0.3, -0.25) is 18.8 Å². The molecule has 0 aliphatic rings. The van der Waals surface area contributed by atoms with Crippen molar-refractivity contribution in [3.63, 3.8) is 0 Å². The van der Waals surface area contributed by atoms with Crippen LogP contribution in [0.15, 0.2) is 71.7 Å². The highest BCUT2D eigenvalue weighted by atomic mass is 19.1. The van der Waals surface area contributed by atoms with E-state index in [1.54, 1.807) is 16.8 Å². The van der Waals surface area contributed by atoms with Gasteiger partial charge in [0.2, 0.25) is 11.8 Å². The molecule has 0 aliphatic heterocycles. The number of carbonyl (C=O) groups is 1. The summed E-state index contributed by atoms with van der Waals surface area (Å²) in [4.78, 5) is 30.8. The summed E-state index contributed by atoms with van der Waals surface area (Å²) in [5.74, 6) is -2.20. The van der Waals surface area contributed by atoms with Gasteiger partial charge in [0.15, 0.2) is 5.82 Å². The molecule has 8 nitrogen and oxygen atoms in total. The topological polar surface area (TPSA) is 116 Å². The first kappa shape index (κ1) is 31.3. The Bertz CT molecular complexity index is 1940. The average molecular weight is 612 g/mol. The van der Waals surface area contributed by atoms with E-state index in [9.17, 15) is 19.1 Å². The fourth-order valence-electron chi connectivity index (χ4n) is 5.58. The van der Waals surface area contributed by atoms with Crippen molar-refractivity contribution in [2.24, 2.45) is 11.7 Å². The van der Waals surface area contributed by atoms with E-state index < -0.39 is 29.0 Å². The number of aromatic nitrogens is 4. The first-order valence-corrected chi connectivity index (χ1v) is 14.9. The second-order valence-corrected chi connectivity index (χ2v) is 11.4. The summed E-state index contributed by atoms with van der Waals surface area (Å²) >= 11 is 0. The van der Waals surface area contributed by atoms with Gasteiger partial charge in [0.1, 0.15) is 17.3 Å². The van der Waals surface area contributed by atoms with Gasteiger partial charge in [0.05, 0.1) is 11.3 Å². The quantitative estimate of drug-likeness (QED) is 0.195. The second kappa shape index (κ2) is 12.9. The number of nitrogens with two attached hydrogens (primary N) is 1. The van der Waals surface area contributed by atoms with Crippen LogP contribution in [-0.2, 0) is 25.8 Å². The van der Waals surface area contributed by atoms with Gasteiger partial charge < -0.3 is 10.8 Å². The summed E-state index contributed by atoms with van der Waals surface area (Å²) < 4.78 is 32.6. The number of carbonyl (C=O) groups excluding carboxylic acids is 1. The molecule has 0 bridgehead atoms. The summed E-state index contributed by atoms with van der Waals surface area (Å²) in [7, 11) is 0. The maximum atomic E-state index is 15.5. The zero-order valence-corrected chi connectivity index (χ0v) is 25.6. The third-order valence-corrected chi connectivity index (χ3v) is 7.72. The van der Waals surface area contributed by atoms with Crippen LogP contribution in [0.1, 0.15) is 60.3 Å². The monoisotopic (exact) mass is 611 g/mol. The van der Waals surface area contributed by atoms with Crippen LogP contribution in [0.3, 0.4) is 0 Å². The van der Waals surface area contributed by atoms with E-state index in [0.717, 1.165) is 23.3 Å². The van der Waals surface area contributed by atoms with Crippen LogP contribution < -0.4 is 11.3 Å². The number of aryl methyl sites for hydroxylation is 2. The number of para-hydroxylation sites is 1. The standard InChI is InChI=1S/C35H35F2N5O3/c1-5-22-8-7-9-23(6-2)31(22)42-33(30-14-15-41(40-30)19-20(3)4)39-34(44)28(35(42)45)16-21-10-12-26(29(37)17-21)25-13-11-24(36)18-27(25)32(38)43/h7-15,17-18,20,44H,5-6,16,19H2,1-4H3,(H2,38,43). The molecule has 0 spiro atoms. The lowest BCUT2D eigenvalue weighted by atomic mass is 9.96. The van der Waals surface area contributed by atoms with Crippen LogP contribution in [0.2, 0.25) is 0 Å². The lowest BCUT2D eigenvalue weighted by molar-refractivity contribution is 0.100. The van der Waals surface area contributed by atoms with E-state index in [2.05, 4.69) is 23.9 Å². The van der Waals surface area contributed by atoms with E-state index in [-0.39, 0.29) is 34.5 Å². The maximum Gasteiger partial charge on any atom is 0.265 e. The summed E-state index contributed by atoms with van der Waals surface area (Å²) in [5.41, 5.74) is 8.30. The molecule has 0 fully saturated rings. The number of hydrogen-bond acceptors (Lipinski definition) is 5. The van der Waals surface area contributed by atoms with Gasteiger partial charge in [-0.05, 0) is 65.3 Å². The molecule has 2 heterocycles. The minimum Gasteiger partial charge on any atom is -0.493 e. The van der Waals surface area contributed by atoms with Crippen LogP contribution in [0.25, 0.3) is 28.3 Å². The molecule has 0 saturated heterocycles. The Kier molecular flexibility index (Phi) is 8.94. The normalized spacial score (nSPS) is 11.4. The zero-order chi connectivity index (χ0) is 32.4. The van der Waals surface area contributed by atoms with Crippen LogP contribution >= 0.6 is 0 Å². The predicted molar refractivity (Wildman–Crippen MR) is 169 cm³/mol. The minimum atomic E-state index is -0.891. The third kappa shape index (κ3) is 6.26. The molecule has 2 aromatic heterocycles. The number of benzene rings is 3. The molecule has 5 rings (SSSR count). The number of halogens is 2. The Morgan fingerprint density at radius 2 is 1.67 bits per heavy atom. The van der Waals surface area contributed by atoms with Crippen molar-refractivity contribution in [1.29, 1.82) is 0 Å². The molecule has 5 aromatic rings. The molecule has 0 atom stereocenters. The van der Waals surface area contributed by atoms with Crippen LogP contribution in [-0.4, -0.2) is 30.3 Å². The van der Waals surface area contributed by atoms with Gasteiger partial charge in [-0.25, -0.2) is 8.78 Å². The Hall–Kier alpha value is -5.12. The first-order valence-electron chi connectivity index (χ1n) is 14.9. The highest BCUT2D eigenvalue weighted by Gasteiger charge is 2.24. The summed E-state index contributed by atoms with van der Waals surface area (Å²) in [6.07, 6.45) is 2.99. The molecule has 0 radical (unpaired) electrons. The number of primary amides is 1. The Morgan fingerprint density at radius 3 is 2.29 bits per heavy atom. The van der Waals surface area contributed by atoms with E-state index in [0.29, 0.717) is 42.2 Å². The molecular weight excluding hydrogens is 576 g/mol. The fraction of sp³-hybridized carbons (Fsp3) is 0.257. The molecule has 0 aliphatic carbocycles. The molecule has 232 valence electrons. The molecule has 45 heavy (non-hydrogen) atoms. The van der Waals surface area contributed by atoms with Crippen molar-refractivity contribution < 1.29 is 18.7 Å². The Balaban J connectivity index is 1.66. The Morgan fingerprint density at radius 1 is 0.978 bits per heavy atom. The van der Waals surface area contributed by atoms with Crippen molar-refractivity contribution >= 4 is 5.91 Å². The third-order valence-electron chi connectivity index (χ3n) is 7.72. The zero-order valence-electron chi connectivity index (χ0n) is 25.6. The van der Waals surface area contributed by atoms with Gasteiger partial charge in [-0.2, -0.15) is 10.1 Å². The number of nitrogens with zero attached hydrogens (tertiary/aromatic N) is 4. The van der Waals surface area contributed by atoms with E-state index in [4.69, 9.17) is 5.73 Å². The summed E-state index contributed by atoms with van der Waals surface area (Å²) in [5, 5.41) is 15.8. The molecule has 0 unspecified atom stereocenters. The predicted octanol–water partition coefficient (Wildman–Crippen LogP) is 6.22. The van der Waals surface area contributed by atoms with Gasteiger partial charge in [-0.15, -0.1) is 0 Å². The minimum absolute atomic E-state index is 0.0138. The van der Waals surface area contributed by atoms with E-state index in [1.165, 1.54) is 22.8 Å². The molecule has 3 aromatic carbocycles. The fourth-order valence-corrected chi connectivity index (χ4v) is 5.58. The average Bonchev–Trinajstić information content (AvgIpc) is 3.46. The van der Waals surface area contributed by atoms with Crippen LogP contribution in [0.5, 0.6) is 5.88 Å².